The van der Waals surface area contributed by atoms with Crippen LogP contribution in [0, 0.1) is 36.3 Å². The van der Waals surface area contributed by atoms with Gasteiger partial charge in [0.1, 0.15) is 0 Å². The van der Waals surface area contributed by atoms with Crippen LogP contribution in [-0.4, -0.2) is 0 Å². The third-order valence-corrected chi connectivity index (χ3v) is 6.22. The molecule has 0 N–H and O–H groups in total. The molecule has 3 rings (SSSR count). The summed E-state index contributed by atoms with van der Waals surface area (Å²) in [6, 6.07) is 3.07. The van der Waals surface area contributed by atoms with Crippen molar-refractivity contribution in [3.63, 3.8) is 0 Å². The van der Waals surface area contributed by atoms with Gasteiger partial charge in [0, 0.05) is 5.56 Å². The van der Waals surface area contributed by atoms with E-state index in [-0.39, 0.29) is 0 Å². The van der Waals surface area contributed by atoms with Crippen LogP contribution in [0.3, 0.4) is 0 Å². The second-order valence-corrected chi connectivity index (χ2v) is 7.94. The van der Waals surface area contributed by atoms with E-state index in [4.69, 9.17) is 0 Å². The third-order valence-electron chi connectivity index (χ3n) is 6.22. The molecule has 0 aromatic heterocycles. The fourth-order valence-electron chi connectivity index (χ4n) is 4.84. The van der Waals surface area contributed by atoms with E-state index in [1.54, 1.807) is 6.07 Å². The normalized spacial score (nSPS) is 27.8. The van der Waals surface area contributed by atoms with Crippen LogP contribution >= 0.6 is 0 Å². The number of benzene rings is 1. The number of aryl methyl sites for hydroxylation is 1. The average molecular weight is 332 g/mol. The maximum atomic E-state index is 14.1. The fraction of sp³-hybridized carbons (Fsp3) is 0.636. The molecule has 0 bridgehead atoms. The zero-order valence-corrected chi connectivity index (χ0v) is 15.1. The first-order chi connectivity index (χ1) is 11.6. The standard InChI is InChI=1S/C22H30F2/c1-3-4-16-5-7-17(8-6-16)18-9-11-19(12-10-18)20-13-15(2)14-21(23)22(20)24/h11,13-14,16-18H,3-10,12H2,1-2H3. The monoisotopic (exact) mass is 332 g/mol. The zero-order valence-electron chi connectivity index (χ0n) is 15.1. The predicted molar refractivity (Wildman–Crippen MR) is 96.8 cm³/mol. The van der Waals surface area contributed by atoms with E-state index in [1.807, 2.05) is 6.92 Å². The quantitative estimate of drug-likeness (QED) is 0.553. The summed E-state index contributed by atoms with van der Waals surface area (Å²) in [5, 5.41) is 0. The first-order valence-corrected chi connectivity index (χ1v) is 9.73. The van der Waals surface area contributed by atoms with E-state index in [9.17, 15) is 8.78 Å². The van der Waals surface area contributed by atoms with Crippen LogP contribution in [0.5, 0.6) is 0 Å². The Morgan fingerprint density at radius 2 is 1.75 bits per heavy atom. The largest absolute Gasteiger partial charge is 0.204 e. The van der Waals surface area contributed by atoms with Crippen molar-refractivity contribution in [2.24, 2.45) is 17.8 Å². The van der Waals surface area contributed by atoms with Crippen molar-refractivity contribution in [3.8, 4) is 0 Å². The Bertz CT molecular complexity index is 594. The van der Waals surface area contributed by atoms with Gasteiger partial charge in [-0.2, -0.15) is 0 Å². The zero-order chi connectivity index (χ0) is 17.1. The molecule has 1 fully saturated rings. The minimum Gasteiger partial charge on any atom is -0.204 e. The van der Waals surface area contributed by atoms with Gasteiger partial charge in [0.15, 0.2) is 11.6 Å². The molecule has 0 nitrogen and oxygen atoms in total. The number of halogens is 2. The topological polar surface area (TPSA) is 0 Å². The van der Waals surface area contributed by atoms with Crippen LogP contribution in [0.2, 0.25) is 0 Å². The summed E-state index contributed by atoms with van der Waals surface area (Å²) in [6.07, 6.45) is 13.5. The Labute approximate surface area is 145 Å². The highest BCUT2D eigenvalue weighted by Gasteiger charge is 2.29. The number of rotatable bonds is 4. The molecular formula is C22H30F2. The lowest BCUT2D eigenvalue weighted by molar-refractivity contribution is 0.189. The molecule has 1 aromatic rings. The molecule has 1 unspecified atom stereocenters. The molecule has 0 radical (unpaired) electrons. The lowest BCUT2D eigenvalue weighted by atomic mass is 9.70. The van der Waals surface area contributed by atoms with Crippen molar-refractivity contribution in [2.75, 3.05) is 0 Å². The molecular weight excluding hydrogens is 302 g/mol. The maximum absolute atomic E-state index is 14.1. The van der Waals surface area contributed by atoms with Gasteiger partial charge in [0.2, 0.25) is 0 Å². The summed E-state index contributed by atoms with van der Waals surface area (Å²) in [5.41, 5.74) is 2.28. The van der Waals surface area contributed by atoms with E-state index < -0.39 is 11.6 Å². The number of hydrogen-bond donors (Lipinski definition) is 0. The first-order valence-electron chi connectivity index (χ1n) is 9.73. The highest BCUT2D eigenvalue weighted by atomic mass is 19.2. The molecule has 2 aliphatic carbocycles. The van der Waals surface area contributed by atoms with Crippen LogP contribution < -0.4 is 0 Å². The molecule has 1 aromatic carbocycles. The SMILES string of the molecule is CCCC1CCC(C2CC=C(c3cc(C)cc(F)c3F)CC2)CC1. The highest BCUT2D eigenvalue weighted by molar-refractivity contribution is 5.67. The molecule has 2 heteroatoms. The smallest absolute Gasteiger partial charge is 0.166 e. The Kier molecular flexibility index (Phi) is 5.73. The van der Waals surface area contributed by atoms with Crippen molar-refractivity contribution in [3.05, 3.63) is 41.0 Å². The summed E-state index contributed by atoms with van der Waals surface area (Å²) in [4.78, 5) is 0. The summed E-state index contributed by atoms with van der Waals surface area (Å²) in [5.74, 6) is 1.14. The summed E-state index contributed by atoms with van der Waals surface area (Å²) >= 11 is 0. The van der Waals surface area contributed by atoms with E-state index in [2.05, 4.69) is 13.0 Å². The third kappa shape index (κ3) is 3.90. The Morgan fingerprint density at radius 3 is 2.38 bits per heavy atom. The molecule has 0 heterocycles. The second-order valence-electron chi connectivity index (χ2n) is 7.94. The van der Waals surface area contributed by atoms with E-state index in [1.165, 1.54) is 44.6 Å². The van der Waals surface area contributed by atoms with Gasteiger partial charge in [0.25, 0.3) is 0 Å². The second kappa shape index (κ2) is 7.80. The molecule has 132 valence electrons. The molecule has 0 saturated heterocycles. The average Bonchev–Trinajstić information content (AvgIpc) is 2.59. The van der Waals surface area contributed by atoms with Gasteiger partial charge in [-0.3, -0.25) is 0 Å². The Hall–Kier alpha value is -1.18. The molecule has 0 spiro atoms. The maximum Gasteiger partial charge on any atom is 0.166 e. The van der Waals surface area contributed by atoms with Crippen molar-refractivity contribution in [1.29, 1.82) is 0 Å². The van der Waals surface area contributed by atoms with Crippen molar-refractivity contribution >= 4 is 5.57 Å². The van der Waals surface area contributed by atoms with E-state index in [0.717, 1.165) is 48.2 Å². The summed E-state index contributed by atoms with van der Waals surface area (Å²) in [6.45, 7) is 4.11. The van der Waals surface area contributed by atoms with Crippen molar-refractivity contribution in [2.45, 2.75) is 71.6 Å². The summed E-state index contributed by atoms with van der Waals surface area (Å²) < 4.78 is 27.8. The van der Waals surface area contributed by atoms with Crippen molar-refractivity contribution < 1.29 is 8.78 Å². The van der Waals surface area contributed by atoms with Crippen LogP contribution in [0.4, 0.5) is 8.78 Å². The van der Waals surface area contributed by atoms with Crippen LogP contribution in [0.25, 0.3) is 5.57 Å². The molecule has 0 aliphatic heterocycles. The first kappa shape index (κ1) is 17.6. The minimum absolute atomic E-state index is 0.484. The minimum atomic E-state index is -0.720. The fourth-order valence-corrected chi connectivity index (χ4v) is 4.84. The van der Waals surface area contributed by atoms with Crippen LogP contribution in [0.1, 0.15) is 75.8 Å². The molecule has 24 heavy (non-hydrogen) atoms. The van der Waals surface area contributed by atoms with Crippen LogP contribution in [-0.2, 0) is 0 Å². The van der Waals surface area contributed by atoms with Gasteiger partial charge in [-0.15, -0.1) is 0 Å². The highest BCUT2D eigenvalue weighted by Crippen LogP contribution is 2.42. The number of allylic oxidation sites excluding steroid dienone is 2. The van der Waals surface area contributed by atoms with Crippen molar-refractivity contribution in [1.82, 2.24) is 0 Å². The van der Waals surface area contributed by atoms with Gasteiger partial charge in [-0.05, 0) is 80.1 Å². The van der Waals surface area contributed by atoms with Gasteiger partial charge in [-0.1, -0.05) is 38.7 Å². The van der Waals surface area contributed by atoms with Gasteiger partial charge in [-0.25, -0.2) is 8.78 Å². The molecule has 1 atom stereocenters. The molecule has 0 amide bonds. The lowest BCUT2D eigenvalue weighted by Gasteiger charge is -2.35. The van der Waals surface area contributed by atoms with E-state index >= 15 is 0 Å². The molecule has 1 saturated carbocycles. The van der Waals surface area contributed by atoms with E-state index in [0.29, 0.717) is 5.56 Å². The molecule has 2 aliphatic rings. The Morgan fingerprint density at radius 1 is 1.00 bits per heavy atom. The predicted octanol–water partition coefficient (Wildman–Crippen LogP) is 7.06. The van der Waals surface area contributed by atoms with Crippen LogP contribution in [0.15, 0.2) is 18.2 Å². The van der Waals surface area contributed by atoms with Gasteiger partial charge < -0.3 is 0 Å². The van der Waals surface area contributed by atoms with Gasteiger partial charge in [0.05, 0.1) is 0 Å². The Balaban J connectivity index is 1.63. The summed E-state index contributed by atoms with van der Waals surface area (Å²) in [7, 11) is 0. The lowest BCUT2D eigenvalue weighted by Crippen LogP contribution is -2.23. The number of hydrogen-bond acceptors (Lipinski definition) is 0. The van der Waals surface area contributed by atoms with Gasteiger partial charge >= 0.3 is 0 Å².